The first kappa shape index (κ1) is 11.7. The molecule has 1 aliphatic carbocycles. The van der Waals surface area contributed by atoms with Crippen LogP contribution in [0.3, 0.4) is 0 Å². The molecular formula is C13H24O. The molecule has 0 heterocycles. The van der Waals surface area contributed by atoms with Crippen LogP contribution in [0.15, 0.2) is 0 Å². The summed E-state index contributed by atoms with van der Waals surface area (Å²) in [6, 6.07) is 0. The summed E-state index contributed by atoms with van der Waals surface area (Å²) in [6.45, 7) is 2.23. The fourth-order valence-electron chi connectivity index (χ4n) is 2.35. The third-order valence-electron chi connectivity index (χ3n) is 3.34. The Balaban J connectivity index is 1.97. The highest BCUT2D eigenvalue weighted by Crippen LogP contribution is 2.27. The lowest BCUT2D eigenvalue weighted by Gasteiger charge is -2.06. The SMILES string of the molecule is CCCCCCCC(=O)C1CCCC1. The van der Waals surface area contributed by atoms with E-state index in [4.69, 9.17) is 0 Å². The number of carbonyl (C=O) groups is 1. The zero-order valence-electron chi connectivity index (χ0n) is 9.56. The van der Waals surface area contributed by atoms with E-state index in [1.165, 1.54) is 51.4 Å². The fraction of sp³-hybridized carbons (Fsp3) is 0.923. The van der Waals surface area contributed by atoms with Crippen molar-refractivity contribution in [2.24, 2.45) is 5.92 Å². The smallest absolute Gasteiger partial charge is 0.135 e. The van der Waals surface area contributed by atoms with E-state index in [1.807, 2.05) is 0 Å². The predicted octanol–water partition coefficient (Wildman–Crippen LogP) is 4.11. The summed E-state index contributed by atoms with van der Waals surface area (Å²) in [5.41, 5.74) is 0. The summed E-state index contributed by atoms with van der Waals surface area (Å²) < 4.78 is 0. The van der Waals surface area contributed by atoms with Gasteiger partial charge in [0.25, 0.3) is 0 Å². The molecule has 82 valence electrons. The normalized spacial score (nSPS) is 17.5. The lowest BCUT2D eigenvalue weighted by molar-refractivity contribution is -0.122. The largest absolute Gasteiger partial charge is 0.299 e. The molecule has 0 radical (unpaired) electrons. The van der Waals surface area contributed by atoms with Crippen LogP contribution in [0.1, 0.15) is 71.1 Å². The molecule has 1 rings (SSSR count). The molecule has 0 spiro atoms. The van der Waals surface area contributed by atoms with Crippen LogP contribution in [0.25, 0.3) is 0 Å². The van der Waals surface area contributed by atoms with Crippen molar-refractivity contribution >= 4 is 5.78 Å². The molecule has 14 heavy (non-hydrogen) atoms. The number of hydrogen-bond acceptors (Lipinski definition) is 1. The van der Waals surface area contributed by atoms with Crippen LogP contribution in [-0.4, -0.2) is 5.78 Å². The van der Waals surface area contributed by atoms with Gasteiger partial charge in [0, 0.05) is 12.3 Å². The summed E-state index contributed by atoms with van der Waals surface area (Å²) in [5.74, 6) is 1.00. The summed E-state index contributed by atoms with van der Waals surface area (Å²) in [7, 11) is 0. The van der Waals surface area contributed by atoms with Gasteiger partial charge in [0.2, 0.25) is 0 Å². The van der Waals surface area contributed by atoms with E-state index in [1.54, 1.807) is 0 Å². The van der Waals surface area contributed by atoms with Crippen molar-refractivity contribution in [1.82, 2.24) is 0 Å². The lowest BCUT2D eigenvalue weighted by atomic mass is 9.97. The van der Waals surface area contributed by atoms with Crippen LogP contribution in [-0.2, 0) is 4.79 Å². The quantitative estimate of drug-likeness (QED) is 0.560. The van der Waals surface area contributed by atoms with Gasteiger partial charge in [-0.05, 0) is 19.3 Å². The Morgan fingerprint density at radius 2 is 1.71 bits per heavy atom. The molecular weight excluding hydrogens is 172 g/mol. The highest BCUT2D eigenvalue weighted by molar-refractivity contribution is 5.81. The summed E-state index contributed by atoms with van der Waals surface area (Å²) in [5, 5.41) is 0. The van der Waals surface area contributed by atoms with Crippen molar-refractivity contribution in [3.8, 4) is 0 Å². The first-order valence-electron chi connectivity index (χ1n) is 6.37. The van der Waals surface area contributed by atoms with Gasteiger partial charge in [-0.3, -0.25) is 4.79 Å². The average molecular weight is 196 g/mol. The highest BCUT2D eigenvalue weighted by atomic mass is 16.1. The molecule has 0 atom stereocenters. The van der Waals surface area contributed by atoms with Gasteiger partial charge in [-0.2, -0.15) is 0 Å². The van der Waals surface area contributed by atoms with Crippen LogP contribution in [0.4, 0.5) is 0 Å². The van der Waals surface area contributed by atoms with E-state index in [2.05, 4.69) is 6.92 Å². The number of Topliss-reactive ketones (excluding diaryl/α,β-unsaturated/α-hetero) is 1. The zero-order valence-corrected chi connectivity index (χ0v) is 9.56. The first-order chi connectivity index (χ1) is 6.84. The summed E-state index contributed by atoms with van der Waals surface area (Å²) in [4.78, 5) is 11.7. The van der Waals surface area contributed by atoms with Crippen LogP contribution in [0.2, 0.25) is 0 Å². The molecule has 0 N–H and O–H groups in total. The van der Waals surface area contributed by atoms with E-state index in [9.17, 15) is 4.79 Å². The van der Waals surface area contributed by atoms with Crippen LogP contribution >= 0.6 is 0 Å². The van der Waals surface area contributed by atoms with Gasteiger partial charge < -0.3 is 0 Å². The molecule has 0 aliphatic heterocycles. The van der Waals surface area contributed by atoms with Crippen LogP contribution in [0, 0.1) is 5.92 Å². The van der Waals surface area contributed by atoms with Crippen molar-refractivity contribution in [3.63, 3.8) is 0 Å². The van der Waals surface area contributed by atoms with Gasteiger partial charge in [-0.1, -0.05) is 45.4 Å². The van der Waals surface area contributed by atoms with Gasteiger partial charge in [0.05, 0.1) is 0 Å². The zero-order chi connectivity index (χ0) is 10.2. The number of ketones is 1. The van der Waals surface area contributed by atoms with E-state index < -0.39 is 0 Å². The molecule has 0 amide bonds. The molecule has 0 aromatic heterocycles. The van der Waals surface area contributed by atoms with Gasteiger partial charge >= 0.3 is 0 Å². The predicted molar refractivity (Wildman–Crippen MR) is 60.3 cm³/mol. The average Bonchev–Trinajstić information content (AvgIpc) is 2.70. The van der Waals surface area contributed by atoms with Crippen molar-refractivity contribution in [3.05, 3.63) is 0 Å². The Morgan fingerprint density at radius 3 is 2.36 bits per heavy atom. The van der Waals surface area contributed by atoms with Crippen molar-refractivity contribution in [1.29, 1.82) is 0 Å². The Bertz CT molecular complexity index is 157. The minimum atomic E-state index is 0.446. The van der Waals surface area contributed by atoms with Gasteiger partial charge in [-0.15, -0.1) is 0 Å². The second-order valence-corrected chi connectivity index (χ2v) is 4.61. The topological polar surface area (TPSA) is 17.1 Å². The van der Waals surface area contributed by atoms with E-state index in [-0.39, 0.29) is 0 Å². The highest BCUT2D eigenvalue weighted by Gasteiger charge is 2.21. The number of hydrogen-bond donors (Lipinski definition) is 0. The van der Waals surface area contributed by atoms with Gasteiger partial charge in [0.15, 0.2) is 0 Å². The molecule has 1 saturated carbocycles. The second-order valence-electron chi connectivity index (χ2n) is 4.61. The minimum Gasteiger partial charge on any atom is -0.299 e. The first-order valence-corrected chi connectivity index (χ1v) is 6.37. The summed E-state index contributed by atoms with van der Waals surface area (Å²) >= 11 is 0. The molecule has 1 heteroatoms. The van der Waals surface area contributed by atoms with Gasteiger partial charge in [-0.25, -0.2) is 0 Å². The van der Waals surface area contributed by atoms with Crippen LogP contribution < -0.4 is 0 Å². The molecule has 0 saturated heterocycles. The third-order valence-corrected chi connectivity index (χ3v) is 3.34. The third kappa shape index (κ3) is 4.26. The Hall–Kier alpha value is -0.330. The Kier molecular flexibility index (Phi) is 5.89. The van der Waals surface area contributed by atoms with Gasteiger partial charge in [0.1, 0.15) is 5.78 Å². The maximum absolute atomic E-state index is 11.7. The second kappa shape index (κ2) is 7.03. The number of carbonyl (C=O) groups excluding carboxylic acids is 1. The van der Waals surface area contributed by atoms with E-state index in [0.717, 1.165) is 12.8 Å². The monoisotopic (exact) mass is 196 g/mol. The maximum Gasteiger partial charge on any atom is 0.135 e. The molecule has 0 aromatic carbocycles. The van der Waals surface area contributed by atoms with Crippen molar-refractivity contribution < 1.29 is 4.79 Å². The minimum absolute atomic E-state index is 0.446. The summed E-state index contributed by atoms with van der Waals surface area (Å²) in [6.07, 6.45) is 12.1. The molecule has 0 unspecified atom stereocenters. The molecule has 1 nitrogen and oxygen atoms in total. The van der Waals surface area contributed by atoms with Crippen molar-refractivity contribution in [2.75, 3.05) is 0 Å². The van der Waals surface area contributed by atoms with Crippen LogP contribution in [0.5, 0.6) is 0 Å². The number of rotatable bonds is 7. The molecule has 0 aromatic rings. The fourth-order valence-corrected chi connectivity index (χ4v) is 2.35. The molecule has 1 aliphatic rings. The number of unbranched alkanes of at least 4 members (excludes halogenated alkanes) is 4. The Morgan fingerprint density at radius 1 is 1.07 bits per heavy atom. The Labute approximate surface area is 88.3 Å². The lowest BCUT2D eigenvalue weighted by Crippen LogP contribution is -2.09. The van der Waals surface area contributed by atoms with Crippen molar-refractivity contribution in [2.45, 2.75) is 71.1 Å². The maximum atomic E-state index is 11.7. The molecule has 0 bridgehead atoms. The van der Waals surface area contributed by atoms with E-state index in [0.29, 0.717) is 11.7 Å². The standard InChI is InChI=1S/C13H24O/c1-2-3-4-5-6-11-13(14)12-9-7-8-10-12/h12H,2-11H2,1H3. The van der Waals surface area contributed by atoms with E-state index >= 15 is 0 Å². The molecule has 1 fully saturated rings.